The predicted molar refractivity (Wildman–Crippen MR) is 52.9 cm³/mol. The monoisotopic (exact) mass is 304 g/mol. The largest absolute Gasteiger partial charge is 0.491 e. The van der Waals surface area contributed by atoms with Crippen LogP contribution in [0.1, 0.15) is 17.3 Å². The molecule has 0 unspecified atom stereocenters. The van der Waals surface area contributed by atoms with Crippen molar-refractivity contribution in [2.24, 2.45) is 0 Å². The molecule has 0 bridgehead atoms. The number of ether oxygens (including phenoxy) is 1. The Hall–Kier alpha value is -1.80. The Morgan fingerprint density at radius 2 is 1.65 bits per heavy atom. The fourth-order valence-electron chi connectivity index (χ4n) is 1.27. The Labute approximate surface area is 108 Å². The third kappa shape index (κ3) is 2.70. The van der Waals surface area contributed by atoms with Crippen molar-refractivity contribution < 1.29 is 40.3 Å². The SMILES string of the molecule is CCOc1ccc(C(=O)C(F)(F)C(F)(F)F)c(F)c1F. The molecule has 0 aliphatic carbocycles. The summed E-state index contributed by atoms with van der Waals surface area (Å²) in [6.45, 7) is 1.32. The first-order chi connectivity index (χ1) is 9.04. The van der Waals surface area contributed by atoms with Crippen molar-refractivity contribution in [2.75, 3.05) is 6.61 Å². The minimum Gasteiger partial charge on any atom is -0.491 e. The van der Waals surface area contributed by atoms with Crippen LogP contribution in [-0.2, 0) is 0 Å². The highest BCUT2D eigenvalue weighted by molar-refractivity contribution is 6.02. The summed E-state index contributed by atoms with van der Waals surface area (Å²) in [5.74, 6) is -13.3. The molecule has 0 fully saturated rings. The van der Waals surface area contributed by atoms with Crippen LogP contribution < -0.4 is 4.74 Å². The highest BCUT2D eigenvalue weighted by atomic mass is 19.4. The molecule has 1 rings (SSSR count). The van der Waals surface area contributed by atoms with Gasteiger partial charge >= 0.3 is 12.1 Å². The summed E-state index contributed by atoms with van der Waals surface area (Å²) >= 11 is 0. The summed E-state index contributed by atoms with van der Waals surface area (Å²) in [5, 5.41) is 0. The molecule has 0 heterocycles. The molecule has 2 nitrogen and oxygen atoms in total. The predicted octanol–water partition coefficient (Wildman–Crippen LogP) is 3.74. The molecule has 0 saturated heterocycles. The van der Waals surface area contributed by atoms with E-state index in [-0.39, 0.29) is 6.61 Å². The first-order valence-corrected chi connectivity index (χ1v) is 5.14. The van der Waals surface area contributed by atoms with Gasteiger partial charge in [0.1, 0.15) is 0 Å². The molecule has 20 heavy (non-hydrogen) atoms. The number of hydrogen-bond acceptors (Lipinski definition) is 2. The fraction of sp³-hybridized carbons (Fsp3) is 0.364. The highest BCUT2D eigenvalue weighted by Crippen LogP contribution is 2.39. The topological polar surface area (TPSA) is 26.3 Å². The average Bonchev–Trinajstić information content (AvgIpc) is 2.33. The number of carbonyl (C=O) groups is 1. The van der Waals surface area contributed by atoms with Crippen LogP contribution in [0.4, 0.5) is 30.7 Å². The second-order valence-corrected chi connectivity index (χ2v) is 3.57. The molecule has 0 atom stereocenters. The van der Waals surface area contributed by atoms with Crippen molar-refractivity contribution in [2.45, 2.75) is 19.0 Å². The Balaban J connectivity index is 3.29. The minimum atomic E-state index is -6.20. The lowest BCUT2D eigenvalue weighted by atomic mass is 10.0. The van der Waals surface area contributed by atoms with Gasteiger partial charge < -0.3 is 4.74 Å². The smallest absolute Gasteiger partial charge is 0.461 e. The molecular weight excluding hydrogens is 297 g/mol. The lowest BCUT2D eigenvalue weighted by Crippen LogP contribution is -2.44. The van der Waals surface area contributed by atoms with E-state index in [0.717, 1.165) is 0 Å². The van der Waals surface area contributed by atoms with Gasteiger partial charge in [-0.3, -0.25) is 4.79 Å². The highest BCUT2D eigenvalue weighted by Gasteiger charge is 2.63. The minimum absolute atomic E-state index is 0.0949. The van der Waals surface area contributed by atoms with Gasteiger partial charge in [-0.2, -0.15) is 26.3 Å². The second-order valence-electron chi connectivity index (χ2n) is 3.57. The first-order valence-electron chi connectivity index (χ1n) is 5.14. The molecule has 1 aromatic carbocycles. The maximum Gasteiger partial charge on any atom is 0.461 e. The zero-order valence-corrected chi connectivity index (χ0v) is 9.82. The van der Waals surface area contributed by atoms with Crippen molar-refractivity contribution in [3.63, 3.8) is 0 Å². The van der Waals surface area contributed by atoms with Crippen molar-refractivity contribution in [3.8, 4) is 5.75 Å². The molecule has 0 saturated carbocycles. The van der Waals surface area contributed by atoms with E-state index in [0.29, 0.717) is 12.1 Å². The van der Waals surface area contributed by atoms with Gasteiger partial charge in [-0.25, -0.2) is 4.39 Å². The zero-order valence-electron chi connectivity index (χ0n) is 9.82. The van der Waals surface area contributed by atoms with Crippen LogP contribution in [0.25, 0.3) is 0 Å². The third-order valence-electron chi connectivity index (χ3n) is 2.23. The van der Waals surface area contributed by atoms with Crippen molar-refractivity contribution in [3.05, 3.63) is 29.3 Å². The van der Waals surface area contributed by atoms with Crippen LogP contribution in [0.5, 0.6) is 5.75 Å². The van der Waals surface area contributed by atoms with Crippen LogP contribution in [-0.4, -0.2) is 24.5 Å². The molecule has 0 radical (unpaired) electrons. The number of Topliss-reactive ketones (excluding diaryl/α,β-unsaturated/α-hetero) is 1. The van der Waals surface area contributed by atoms with Gasteiger partial charge in [0.25, 0.3) is 0 Å². The number of halogens is 7. The van der Waals surface area contributed by atoms with Crippen molar-refractivity contribution in [1.82, 2.24) is 0 Å². The van der Waals surface area contributed by atoms with Gasteiger partial charge in [0.15, 0.2) is 11.6 Å². The summed E-state index contributed by atoms with van der Waals surface area (Å²) in [6, 6.07) is 0.910. The standard InChI is InChI=1S/C11H7F7O2/c1-2-20-6-4-3-5(7(12)8(6)13)9(19)10(14,15)11(16,17)18/h3-4H,2H2,1H3. The van der Waals surface area contributed by atoms with Gasteiger partial charge in [-0.05, 0) is 19.1 Å². The first kappa shape index (κ1) is 16.3. The molecule has 0 aliphatic rings. The molecule has 0 spiro atoms. The van der Waals surface area contributed by atoms with Crippen LogP contribution >= 0.6 is 0 Å². The number of benzene rings is 1. The Morgan fingerprint density at radius 3 is 2.10 bits per heavy atom. The number of carbonyl (C=O) groups excluding carboxylic acids is 1. The molecule has 9 heteroatoms. The van der Waals surface area contributed by atoms with Gasteiger partial charge in [0.2, 0.25) is 11.6 Å². The van der Waals surface area contributed by atoms with Gasteiger partial charge in [-0.15, -0.1) is 0 Å². The number of hydrogen-bond donors (Lipinski definition) is 0. The maximum absolute atomic E-state index is 13.4. The van der Waals surface area contributed by atoms with Crippen LogP contribution in [0.15, 0.2) is 12.1 Å². The zero-order chi connectivity index (χ0) is 15.7. The lowest BCUT2D eigenvalue weighted by Gasteiger charge is -2.18. The Morgan fingerprint density at radius 1 is 1.10 bits per heavy atom. The molecule has 0 amide bonds. The van der Waals surface area contributed by atoms with E-state index in [1.807, 2.05) is 0 Å². The molecule has 0 aromatic heterocycles. The summed E-state index contributed by atoms with van der Waals surface area (Å²) in [4.78, 5) is 11.0. The van der Waals surface area contributed by atoms with E-state index in [1.165, 1.54) is 6.92 Å². The van der Waals surface area contributed by atoms with E-state index in [4.69, 9.17) is 0 Å². The number of ketones is 1. The van der Waals surface area contributed by atoms with Crippen LogP contribution in [0.3, 0.4) is 0 Å². The average molecular weight is 304 g/mol. The van der Waals surface area contributed by atoms with E-state index in [2.05, 4.69) is 4.74 Å². The Kier molecular flexibility index (Phi) is 4.30. The van der Waals surface area contributed by atoms with Crippen LogP contribution in [0.2, 0.25) is 0 Å². The summed E-state index contributed by atoms with van der Waals surface area (Å²) in [5.41, 5.74) is -1.70. The fourth-order valence-corrected chi connectivity index (χ4v) is 1.27. The molecule has 112 valence electrons. The maximum atomic E-state index is 13.4. The van der Waals surface area contributed by atoms with E-state index in [1.54, 1.807) is 0 Å². The van der Waals surface area contributed by atoms with E-state index >= 15 is 0 Å². The molecule has 0 aliphatic heterocycles. The summed E-state index contributed by atoms with van der Waals surface area (Å²) in [6.07, 6.45) is -6.20. The van der Waals surface area contributed by atoms with Crippen molar-refractivity contribution >= 4 is 5.78 Å². The number of alkyl halides is 5. The third-order valence-corrected chi connectivity index (χ3v) is 2.23. The second kappa shape index (κ2) is 5.29. The molecule has 0 N–H and O–H groups in total. The lowest BCUT2D eigenvalue weighted by molar-refractivity contribution is -0.255. The number of rotatable bonds is 4. The molecule has 1 aromatic rings. The Bertz CT molecular complexity index is 522. The normalized spacial score (nSPS) is 12.4. The van der Waals surface area contributed by atoms with Crippen molar-refractivity contribution in [1.29, 1.82) is 0 Å². The van der Waals surface area contributed by atoms with Gasteiger partial charge in [0.05, 0.1) is 12.2 Å². The van der Waals surface area contributed by atoms with Gasteiger partial charge in [-0.1, -0.05) is 0 Å². The van der Waals surface area contributed by atoms with E-state index in [9.17, 15) is 35.5 Å². The quantitative estimate of drug-likeness (QED) is 0.625. The van der Waals surface area contributed by atoms with E-state index < -0.39 is 40.8 Å². The summed E-state index contributed by atoms with van der Waals surface area (Å²) < 4.78 is 92.8. The summed E-state index contributed by atoms with van der Waals surface area (Å²) in [7, 11) is 0. The van der Waals surface area contributed by atoms with Gasteiger partial charge in [0, 0.05) is 0 Å². The van der Waals surface area contributed by atoms with Crippen LogP contribution in [0, 0.1) is 11.6 Å². The molecular formula is C11H7F7O2.